The maximum Gasteiger partial charge on any atom is 0.190 e. The average Bonchev–Trinajstić information content (AvgIpc) is 3.55. The number of hydrogen-bond donors (Lipinski definition) is 2. The molecule has 0 aliphatic carbocycles. The van der Waals surface area contributed by atoms with E-state index in [1.165, 1.54) is 25.0 Å². The van der Waals surface area contributed by atoms with Gasteiger partial charge in [0.2, 0.25) is 0 Å². The molecule has 2 atom stereocenters. The second kappa shape index (κ2) is 7.94. The summed E-state index contributed by atoms with van der Waals surface area (Å²) in [5.41, 5.74) is 8.96. The Hall–Kier alpha value is -3.73. The molecule has 34 heavy (non-hydrogen) atoms. The molecule has 9 nitrogen and oxygen atoms in total. The van der Waals surface area contributed by atoms with Crippen LogP contribution in [0.1, 0.15) is 37.3 Å². The van der Waals surface area contributed by atoms with E-state index in [0.717, 1.165) is 40.5 Å². The normalized spacial score (nSPS) is 22.4. The van der Waals surface area contributed by atoms with Crippen LogP contribution in [-0.4, -0.2) is 59.4 Å². The van der Waals surface area contributed by atoms with Crippen LogP contribution in [0.3, 0.4) is 0 Å². The highest BCUT2D eigenvalue weighted by atomic mass is 19.2. The number of nitrogens with two attached hydrogens (primary N) is 1. The van der Waals surface area contributed by atoms with Gasteiger partial charge in [0, 0.05) is 35.5 Å². The van der Waals surface area contributed by atoms with E-state index in [-0.39, 0.29) is 17.3 Å². The quantitative estimate of drug-likeness (QED) is 0.477. The van der Waals surface area contributed by atoms with Crippen molar-refractivity contribution in [1.82, 2.24) is 40.3 Å². The molecule has 174 valence electrons. The van der Waals surface area contributed by atoms with Crippen LogP contribution in [0.25, 0.3) is 28.3 Å². The largest absolute Gasteiger partial charge is 0.383 e. The number of aromatic nitrogens is 7. The maximum absolute atomic E-state index is 14.4. The third-order valence-electron chi connectivity index (χ3n) is 7.22. The molecule has 1 aromatic carbocycles. The van der Waals surface area contributed by atoms with Crippen molar-refractivity contribution in [2.45, 2.75) is 43.7 Å². The van der Waals surface area contributed by atoms with E-state index in [9.17, 15) is 8.78 Å². The van der Waals surface area contributed by atoms with Crippen LogP contribution in [0.4, 0.5) is 14.6 Å². The lowest BCUT2D eigenvalue weighted by molar-refractivity contribution is 0.160. The van der Waals surface area contributed by atoms with Gasteiger partial charge in [-0.25, -0.2) is 13.8 Å². The van der Waals surface area contributed by atoms with Crippen molar-refractivity contribution in [1.29, 1.82) is 0 Å². The first-order chi connectivity index (χ1) is 16.5. The predicted molar refractivity (Wildman–Crippen MR) is 121 cm³/mol. The van der Waals surface area contributed by atoms with E-state index in [2.05, 4.69) is 48.7 Å². The van der Waals surface area contributed by atoms with Crippen molar-refractivity contribution < 1.29 is 8.78 Å². The number of H-pyrrole nitrogens is 1. The van der Waals surface area contributed by atoms with Crippen LogP contribution >= 0.6 is 0 Å². The number of rotatable bonds is 4. The summed E-state index contributed by atoms with van der Waals surface area (Å²) in [6, 6.07) is 8.88. The second-order valence-corrected chi connectivity index (χ2v) is 9.07. The van der Waals surface area contributed by atoms with Crippen molar-refractivity contribution in [3.63, 3.8) is 0 Å². The van der Waals surface area contributed by atoms with Gasteiger partial charge in [-0.3, -0.25) is 5.10 Å². The zero-order chi connectivity index (χ0) is 23.4. The highest BCUT2D eigenvalue weighted by Crippen LogP contribution is 2.42. The fraction of sp³-hybridized carbons (Fsp3) is 0.348. The Morgan fingerprint density at radius 2 is 1.91 bits per heavy atom. The summed E-state index contributed by atoms with van der Waals surface area (Å²) in [6.45, 7) is 0. The summed E-state index contributed by atoms with van der Waals surface area (Å²) in [4.78, 5) is 6.80. The Bertz CT molecular complexity index is 1350. The molecule has 3 N–H and O–H groups in total. The number of nitrogens with one attached hydrogen (secondary N) is 1. The Labute approximate surface area is 194 Å². The van der Waals surface area contributed by atoms with Crippen molar-refractivity contribution in [2.24, 2.45) is 0 Å². The van der Waals surface area contributed by atoms with E-state index >= 15 is 0 Å². The summed E-state index contributed by atoms with van der Waals surface area (Å²) in [6.07, 6.45) is 6.38. The van der Waals surface area contributed by atoms with Crippen molar-refractivity contribution >= 4 is 5.82 Å². The lowest BCUT2D eigenvalue weighted by atomic mass is 9.88. The number of hydrogen-bond acceptors (Lipinski definition) is 7. The maximum atomic E-state index is 14.4. The van der Waals surface area contributed by atoms with Gasteiger partial charge >= 0.3 is 0 Å². The summed E-state index contributed by atoms with van der Waals surface area (Å²) < 4.78 is 29.3. The van der Waals surface area contributed by atoms with Crippen molar-refractivity contribution in [3.05, 3.63) is 53.9 Å². The topological polar surface area (TPSA) is 114 Å². The first kappa shape index (κ1) is 20.8. The standard InChI is InChI=1S/C23H23F2N9/c1-33-14-5-6-15(33)8-12(7-14)18-10-19(29-28-18)13-9-16(22(26)27-11-13)23-30-31-32-34(23)20-4-2-3-17(24)21(20)25/h2-4,9-12,14-15H,5-8H2,1H3,(H2,26,27)(H,28,29). The van der Waals surface area contributed by atoms with Crippen LogP contribution < -0.4 is 5.73 Å². The number of anilines is 1. The van der Waals surface area contributed by atoms with Crippen LogP contribution in [-0.2, 0) is 0 Å². The molecule has 2 aliphatic heterocycles. The number of pyridine rings is 1. The molecular formula is C23H23F2N9. The Balaban J connectivity index is 1.34. The number of tetrazole rings is 1. The van der Waals surface area contributed by atoms with Gasteiger partial charge in [0.15, 0.2) is 17.5 Å². The van der Waals surface area contributed by atoms with Crippen molar-refractivity contribution in [2.75, 3.05) is 12.8 Å². The molecule has 0 amide bonds. The predicted octanol–water partition coefficient (Wildman–Crippen LogP) is 3.32. The first-order valence-corrected chi connectivity index (χ1v) is 11.3. The number of benzene rings is 1. The third kappa shape index (κ3) is 3.35. The molecular weight excluding hydrogens is 440 g/mol. The van der Waals surface area contributed by atoms with Crippen molar-refractivity contribution in [3.8, 4) is 28.3 Å². The number of nitrogens with zero attached hydrogens (tertiary/aromatic N) is 7. The molecule has 0 saturated carbocycles. The van der Waals surface area contributed by atoms with Crippen LogP contribution in [0.15, 0.2) is 36.5 Å². The van der Waals surface area contributed by atoms with E-state index in [4.69, 9.17) is 5.73 Å². The number of fused-ring (bicyclic) bond motifs is 2. The highest BCUT2D eigenvalue weighted by molar-refractivity contribution is 5.75. The minimum atomic E-state index is -1.05. The summed E-state index contributed by atoms with van der Waals surface area (Å²) in [5, 5.41) is 19.2. The Kier molecular flexibility index (Phi) is 4.87. The van der Waals surface area contributed by atoms with E-state index in [1.54, 1.807) is 12.3 Å². The summed E-state index contributed by atoms with van der Waals surface area (Å²) >= 11 is 0. The smallest absolute Gasteiger partial charge is 0.190 e. The Morgan fingerprint density at radius 1 is 1.12 bits per heavy atom. The molecule has 0 spiro atoms. The van der Waals surface area contributed by atoms with Gasteiger partial charge < -0.3 is 10.6 Å². The molecule has 2 saturated heterocycles. The highest BCUT2D eigenvalue weighted by Gasteiger charge is 2.39. The average molecular weight is 463 g/mol. The van der Waals surface area contributed by atoms with E-state index < -0.39 is 11.6 Å². The first-order valence-electron chi connectivity index (χ1n) is 11.3. The van der Waals surface area contributed by atoms with Gasteiger partial charge in [-0.05, 0) is 67.4 Å². The molecule has 6 rings (SSSR count). The van der Waals surface area contributed by atoms with Gasteiger partial charge in [-0.2, -0.15) is 9.78 Å². The second-order valence-electron chi connectivity index (χ2n) is 9.07. The number of halogens is 2. The molecule has 0 radical (unpaired) electrons. The fourth-order valence-electron chi connectivity index (χ4n) is 5.33. The van der Waals surface area contributed by atoms with Gasteiger partial charge in [0.1, 0.15) is 11.5 Å². The minimum absolute atomic E-state index is 0.122. The van der Waals surface area contributed by atoms with E-state index in [0.29, 0.717) is 23.6 Å². The summed E-state index contributed by atoms with van der Waals surface area (Å²) in [7, 11) is 2.22. The molecule has 3 aromatic heterocycles. The third-order valence-corrected chi connectivity index (χ3v) is 7.22. The Morgan fingerprint density at radius 3 is 2.71 bits per heavy atom. The molecule has 2 fully saturated rings. The zero-order valence-corrected chi connectivity index (χ0v) is 18.5. The minimum Gasteiger partial charge on any atom is -0.383 e. The van der Waals surface area contributed by atoms with E-state index in [1.807, 2.05) is 0 Å². The van der Waals surface area contributed by atoms with Gasteiger partial charge in [-0.1, -0.05) is 6.07 Å². The van der Waals surface area contributed by atoms with Crippen LogP contribution in [0.2, 0.25) is 0 Å². The molecule has 4 aromatic rings. The molecule has 11 heteroatoms. The van der Waals surface area contributed by atoms with Crippen LogP contribution in [0, 0.1) is 11.6 Å². The number of nitrogen functional groups attached to an aromatic ring is 1. The lowest BCUT2D eigenvalue weighted by Crippen LogP contribution is -2.39. The lowest BCUT2D eigenvalue weighted by Gasteiger charge is -2.35. The fourth-order valence-corrected chi connectivity index (χ4v) is 5.33. The SMILES string of the molecule is CN1C2CCC1CC(c1cc(-c3cnc(N)c(-c4nnnn4-c4cccc(F)c4F)c3)n[nH]1)C2. The molecule has 2 aliphatic rings. The van der Waals surface area contributed by atoms with Gasteiger partial charge in [0.05, 0.1) is 11.3 Å². The summed E-state index contributed by atoms with van der Waals surface area (Å²) in [5.74, 6) is -1.29. The number of piperidine rings is 1. The number of aromatic amines is 1. The van der Waals surface area contributed by atoms with Crippen LogP contribution in [0.5, 0.6) is 0 Å². The molecule has 5 heterocycles. The zero-order valence-electron chi connectivity index (χ0n) is 18.5. The van der Waals surface area contributed by atoms with Gasteiger partial charge in [-0.15, -0.1) is 5.10 Å². The van der Waals surface area contributed by atoms with Gasteiger partial charge in [0.25, 0.3) is 0 Å². The monoisotopic (exact) mass is 463 g/mol. The molecule has 2 unspecified atom stereocenters. The molecule has 2 bridgehead atoms.